The molecule has 0 aliphatic heterocycles. The molecule has 4 heteroatoms. The van der Waals surface area contributed by atoms with E-state index in [2.05, 4.69) is 20.8 Å². The highest BCUT2D eigenvalue weighted by atomic mass is 35.7. The van der Waals surface area contributed by atoms with Gasteiger partial charge in [0.2, 0.25) is 7.50 Å². The lowest BCUT2D eigenvalue weighted by atomic mass is 9.86. The van der Waals surface area contributed by atoms with Crippen molar-refractivity contribution in [3.8, 4) is 5.75 Å². The third-order valence-electron chi connectivity index (χ3n) is 2.90. The molecule has 0 aliphatic rings. The van der Waals surface area contributed by atoms with E-state index in [0.717, 1.165) is 16.6 Å². The van der Waals surface area contributed by atoms with Gasteiger partial charge in [-0.2, -0.15) is 0 Å². The smallest absolute Gasteiger partial charge is 0.215 e. The van der Waals surface area contributed by atoms with E-state index in [1.807, 2.05) is 24.3 Å². The number of hydrogen-bond acceptors (Lipinski definition) is 1. The van der Waals surface area contributed by atoms with E-state index in [9.17, 15) is 4.39 Å². The van der Waals surface area contributed by atoms with Crippen molar-refractivity contribution in [2.75, 3.05) is 0 Å². The Balaban J connectivity index is 2.24. The molecule has 2 rings (SSSR count). The fourth-order valence-electron chi connectivity index (χ4n) is 1.86. The van der Waals surface area contributed by atoms with Crippen LogP contribution in [0.3, 0.4) is 0 Å². The molecule has 1 atom stereocenters. The van der Waals surface area contributed by atoms with Crippen LogP contribution in [0.1, 0.15) is 26.3 Å². The molecule has 0 saturated heterocycles. The van der Waals surface area contributed by atoms with Crippen LogP contribution in [-0.2, 0) is 5.41 Å². The summed E-state index contributed by atoms with van der Waals surface area (Å²) in [7, 11) is -1.32. The predicted molar refractivity (Wildman–Crippen MR) is 84.6 cm³/mol. The van der Waals surface area contributed by atoms with Crippen molar-refractivity contribution in [3.63, 3.8) is 0 Å². The normalized spacial score (nSPS) is 13.1. The molecule has 106 valence electrons. The molecule has 0 radical (unpaired) electrons. The molecule has 0 spiro atoms. The molecular weight excluding hydrogens is 294 g/mol. The molecule has 0 amide bonds. The van der Waals surface area contributed by atoms with E-state index in [1.54, 1.807) is 12.1 Å². The molecule has 20 heavy (non-hydrogen) atoms. The standard InChI is InChI=1S/C16H17ClFOP/c1-16(2,3)14-6-4-5-7-15(14)19-20(17)13-10-8-12(18)9-11-13/h4-11H,1-3H3. The van der Waals surface area contributed by atoms with Crippen LogP contribution in [0.5, 0.6) is 5.75 Å². The number of hydrogen-bond donors (Lipinski definition) is 0. The summed E-state index contributed by atoms with van der Waals surface area (Å²) >= 11 is 6.34. The SMILES string of the molecule is CC(C)(C)c1ccccc1OP(Cl)c1ccc(F)cc1. The first-order valence-corrected chi connectivity index (χ1v) is 8.53. The summed E-state index contributed by atoms with van der Waals surface area (Å²) in [6.07, 6.45) is 0. The molecular formula is C16H17ClFOP. The summed E-state index contributed by atoms with van der Waals surface area (Å²) in [4.78, 5) is 0. The molecule has 0 bridgehead atoms. The number of benzene rings is 2. The highest BCUT2D eigenvalue weighted by molar-refractivity contribution is 7.86. The number of halogens is 2. The van der Waals surface area contributed by atoms with Crippen molar-refractivity contribution in [1.29, 1.82) is 0 Å². The van der Waals surface area contributed by atoms with Gasteiger partial charge in [-0.05, 0) is 52.6 Å². The molecule has 0 heterocycles. The molecule has 0 N–H and O–H groups in total. The van der Waals surface area contributed by atoms with Crippen molar-refractivity contribution >= 4 is 24.0 Å². The van der Waals surface area contributed by atoms with E-state index in [1.165, 1.54) is 12.1 Å². The van der Waals surface area contributed by atoms with Crippen LogP contribution in [0.15, 0.2) is 48.5 Å². The first kappa shape index (κ1) is 15.3. The van der Waals surface area contributed by atoms with Crippen molar-refractivity contribution in [2.24, 2.45) is 0 Å². The Labute approximate surface area is 125 Å². The highest BCUT2D eigenvalue weighted by Crippen LogP contribution is 2.45. The topological polar surface area (TPSA) is 9.23 Å². The van der Waals surface area contributed by atoms with Gasteiger partial charge in [0, 0.05) is 5.30 Å². The lowest BCUT2D eigenvalue weighted by Gasteiger charge is -2.23. The quantitative estimate of drug-likeness (QED) is 0.692. The van der Waals surface area contributed by atoms with Gasteiger partial charge >= 0.3 is 0 Å². The van der Waals surface area contributed by atoms with Crippen LogP contribution in [-0.4, -0.2) is 0 Å². The van der Waals surface area contributed by atoms with Crippen LogP contribution >= 0.6 is 18.7 Å². The van der Waals surface area contributed by atoms with Gasteiger partial charge < -0.3 is 4.52 Å². The predicted octanol–water partition coefficient (Wildman–Crippen LogP) is 5.38. The molecule has 1 unspecified atom stereocenters. The Hall–Kier alpha value is -1.11. The summed E-state index contributed by atoms with van der Waals surface area (Å²) in [6.45, 7) is 6.39. The van der Waals surface area contributed by atoms with E-state index >= 15 is 0 Å². The van der Waals surface area contributed by atoms with Crippen LogP contribution in [0, 0.1) is 5.82 Å². The third-order valence-corrected chi connectivity index (χ3v) is 4.76. The second kappa shape index (κ2) is 6.11. The van der Waals surface area contributed by atoms with Crippen molar-refractivity contribution < 1.29 is 8.91 Å². The summed E-state index contributed by atoms with van der Waals surface area (Å²) in [5, 5.41) is 0.798. The minimum Gasteiger partial charge on any atom is -0.453 e. The fraction of sp³-hybridized carbons (Fsp3) is 0.250. The average molecular weight is 311 g/mol. The number of para-hydroxylation sites is 1. The Morgan fingerprint density at radius 2 is 1.60 bits per heavy atom. The molecule has 2 aromatic carbocycles. The maximum absolute atomic E-state index is 12.9. The fourth-order valence-corrected chi connectivity index (χ4v) is 3.25. The monoisotopic (exact) mass is 310 g/mol. The maximum atomic E-state index is 12.9. The summed E-state index contributed by atoms with van der Waals surface area (Å²) in [5.74, 6) is 0.509. The lowest BCUT2D eigenvalue weighted by molar-refractivity contribution is 0.542. The van der Waals surface area contributed by atoms with Gasteiger partial charge in [-0.25, -0.2) is 4.39 Å². The zero-order valence-electron chi connectivity index (χ0n) is 11.7. The first-order chi connectivity index (χ1) is 9.38. The largest absolute Gasteiger partial charge is 0.453 e. The third kappa shape index (κ3) is 3.71. The summed E-state index contributed by atoms with van der Waals surface area (Å²) < 4.78 is 18.8. The highest BCUT2D eigenvalue weighted by Gasteiger charge is 2.21. The Kier molecular flexibility index (Phi) is 4.67. The van der Waals surface area contributed by atoms with Crippen LogP contribution in [0.2, 0.25) is 0 Å². The van der Waals surface area contributed by atoms with Gasteiger partial charge in [-0.15, -0.1) is 0 Å². The molecule has 1 nitrogen and oxygen atoms in total. The van der Waals surface area contributed by atoms with E-state index in [4.69, 9.17) is 15.8 Å². The Morgan fingerprint density at radius 1 is 1.00 bits per heavy atom. The average Bonchev–Trinajstić information content (AvgIpc) is 2.38. The Bertz CT molecular complexity index is 578. The van der Waals surface area contributed by atoms with E-state index < -0.39 is 7.50 Å². The zero-order chi connectivity index (χ0) is 14.8. The van der Waals surface area contributed by atoms with Crippen LogP contribution < -0.4 is 9.83 Å². The minimum atomic E-state index is -1.32. The molecule has 0 aromatic heterocycles. The second-order valence-corrected chi connectivity index (χ2v) is 7.67. The van der Waals surface area contributed by atoms with Gasteiger partial charge in [0.25, 0.3) is 0 Å². The molecule has 0 aliphatic carbocycles. The summed E-state index contributed by atoms with van der Waals surface area (Å²) in [5.41, 5.74) is 1.09. The molecule has 0 saturated carbocycles. The first-order valence-electron chi connectivity index (χ1n) is 6.37. The summed E-state index contributed by atoms with van der Waals surface area (Å²) in [6, 6.07) is 14.0. The van der Waals surface area contributed by atoms with Gasteiger partial charge in [0.05, 0.1) is 0 Å². The zero-order valence-corrected chi connectivity index (χ0v) is 13.4. The van der Waals surface area contributed by atoms with E-state index in [0.29, 0.717) is 0 Å². The minimum absolute atomic E-state index is 0.0214. The lowest BCUT2D eigenvalue weighted by Crippen LogP contribution is -2.13. The second-order valence-electron chi connectivity index (χ2n) is 5.56. The van der Waals surface area contributed by atoms with Gasteiger partial charge in [-0.3, -0.25) is 0 Å². The van der Waals surface area contributed by atoms with Gasteiger partial charge in [0.1, 0.15) is 11.6 Å². The van der Waals surface area contributed by atoms with Gasteiger partial charge in [-0.1, -0.05) is 39.0 Å². The van der Waals surface area contributed by atoms with Gasteiger partial charge in [0.15, 0.2) is 0 Å². The van der Waals surface area contributed by atoms with Crippen molar-refractivity contribution in [2.45, 2.75) is 26.2 Å². The van der Waals surface area contributed by atoms with E-state index in [-0.39, 0.29) is 11.2 Å². The van der Waals surface area contributed by atoms with Crippen molar-refractivity contribution in [1.82, 2.24) is 0 Å². The molecule has 0 fully saturated rings. The van der Waals surface area contributed by atoms with Crippen molar-refractivity contribution in [3.05, 3.63) is 59.9 Å². The Morgan fingerprint density at radius 3 is 2.20 bits per heavy atom. The number of rotatable bonds is 3. The van der Waals surface area contributed by atoms with Crippen LogP contribution in [0.25, 0.3) is 0 Å². The van der Waals surface area contributed by atoms with Crippen LogP contribution in [0.4, 0.5) is 4.39 Å². The maximum Gasteiger partial charge on any atom is 0.215 e. The molecule has 2 aromatic rings.